The predicted molar refractivity (Wildman–Crippen MR) is 82.0 cm³/mol. The summed E-state index contributed by atoms with van der Waals surface area (Å²) in [7, 11) is -2.84. The van der Waals surface area contributed by atoms with Crippen molar-refractivity contribution in [3.05, 3.63) is 28.2 Å². The number of hydrogen-bond acceptors (Lipinski definition) is 4. The number of methoxy groups -OCH3 is 1. The lowest BCUT2D eigenvalue weighted by atomic mass is 10.0. The SMILES string of the molecule is CC[C@@H](C)[C@@H](NS(=O)(=O)c1c(Cl)cccc1Cl)C(=O)OC. The Morgan fingerprint density at radius 3 is 2.29 bits per heavy atom. The highest BCUT2D eigenvalue weighted by molar-refractivity contribution is 7.89. The van der Waals surface area contributed by atoms with Gasteiger partial charge in [0.2, 0.25) is 10.0 Å². The summed E-state index contributed by atoms with van der Waals surface area (Å²) in [5.41, 5.74) is 0. The van der Waals surface area contributed by atoms with Crippen LogP contribution >= 0.6 is 23.2 Å². The van der Waals surface area contributed by atoms with Crippen LogP contribution in [0.3, 0.4) is 0 Å². The molecule has 1 aromatic carbocycles. The van der Waals surface area contributed by atoms with Gasteiger partial charge in [-0.1, -0.05) is 49.5 Å². The van der Waals surface area contributed by atoms with Crippen LogP contribution in [0.4, 0.5) is 0 Å². The van der Waals surface area contributed by atoms with E-state index in [1.165, 1.54) is 25.3 Å². The number of esters is 1. The van der Waals surface area contributed by atoms with E-state index < -0.39 is 22.0 Å². The van der Waals surface area contributed by atoms with Crippen molar-refractivity contribution in [3.63, 3.8) is 0 Å². The van der Waals surface area contributed by atoms with Gasteiger partial charge in [-0.3, -0.25) is 4.79 Å². The van der Waals surface area contributed by atoms with Crippen molar-refractivity contribution >= 4 is 39.2 Å². The lowest BCUT2D eigenvalue weighted by Crippen LogP contribution is -2.45. The largest absolute Gasteiger partial charge is 0.468 e. The molecule has 0 bridgehead atoms. The van der Waals surface area contributed by atoms with Gasteiger partial charge in [-0.15, -0.1) is 0 Å². The first kappa shape index (κ1) is 18.2. The molecule has 0 radical (unpaired) electrons. The maximum absolute atomic E-state index is 12.4. The normalized spacial score (nSPS) is 14.5. The zero-order valence-electron chi connectivity index (χ0n) is 11.9. The van der Waals surface area contributed by atoms with Crippen molar-refractivity contribution in [2.45, 2.75) is 31.2 Å². The summed E-state index contributed by atoms with van der Waals surface area (Å²) in [4.78, 5) is 11.5. The van der Waals surface area contributed by atoms with E-state index in [1.54, 1.807) is 6.92 Å². The molecule has 2 atom stereocenters. The maximum atomic E-state index is 12.4. The molecule has 0 saturated heterocycles. The van der Waals surface area contributed by atoms with Crippen LogP contribution in [-0.2, 0) is 19.6 Å². The molecule has 0 aromatic heterocycles. The van der Waals surface area contributed by atoms with Crippen molar-refractivity contribution in [1.82, 2.24) is 4.72 Å². The lowest BCUT2D eigenvalue weighted by molar-refractivity contribution is -0.143. The Kier molecular flexibility index (Phi) is 6.46. The van der Waals surface area contributed by atoms with Crippen LogP contribution in [0.1, 0.15) is 20.3 Å². The van der Waals surface area contributed by atoms with Crippen molar-refractivity contribution in [3.8, 4) is 0 Å². The fraction of sp³-hybridized carbons (Fsp3) is 0.462. The second-order valence-electron chi connectivity index (χ2n) is 4.56. The highest BCUT2D eigenvalue weighted by Gasteiger charge is 2.32. The average Bonchev–Trinajstić information content (AvgIpc) is 2.42. The Labute approximate surface area is 134 Å². The van der Waals surface area contributed by atoms with Gasteiger partial charge in [0.15, 0.2) is 0 Å². The van der Waals surface area contributed by atoms with Gasteiger partial charge in [0.05, 0.1) is 17.2 Å². The molecule has 0 fully saturated rings. The summed E-state index contributed by atoms with van der Waals surface area (Å²) >= 11 is 11.8. The minimum Gasteiger partial charge on any atom is -0.468 e. The molecule has 0 amide bonds. The van der Waals surface area contributed by atoms with Crippen molar-refractivity contribution < 1.29 is 17.9 Å². The van der Waals surface area contributed by atoms with Gasteiger partial charge >= 0.3 is 5.97 Å². The van der Waals surface area contributed by atoms with E-state index in [0.717, 1.165) is 0 Å². The minimum absolute atomic E-state index is 0.0113. The minimum atomic E-state index is -4.05. The van der Waals surface area contributed by atoms with Gasteiger partial charge in [0.1, 0.15) is 10.9 Å². The molecule has 0 aliphatic heterocycles. The summed E-state index contributed by atoms with van der Waals surface area (Å²) in [5.74, 6) is -0.899. The van der Waals surface area contributed by atoms with Crippen LogP contribution in [0.2, 0.25) is 10.0 Å². The molecule has 21 heavy (non-hydrogen) atoms. The van der Waals surface area contributed by atoms with E-state index in [1.807, 2.05) is 6.92 Å². The van der Waals surface area contributed by atoms with Crippen molar-refractivity contribution in [2.75, 3.05) is 7.11 Å². The van der Waals surface area contributed by atoms with Crippen LogP contribution in [-0.4, -0.2) is 27.5 Å². The number of benzene rings is 1. The van der Waals surface area contributed by atoms with E-state index in [9.17, 15) is 13.2 Å². The van der Waals surface area contributed by atoms with Gasteiger partial charge in [-0.05, 0) is 18.1 Å². The first-order chi connectivity index (χ1) is 9.74. The number of carbonyl (C=O) groups is 1. The topological polar surface area (TPSA) is 72.5 Å². The average molecular weight is 354 g/mol. The molecule has 8 heteroatoms. The lowest BCUT2D eigenvalue weighted by Gasteiger charge is -2.22. The van der Waals surface area contributed by atoms with E-state index >= 15 is 0 Å². The number of rotatable bonds is 6. The fourth-order valence-electron chi connectivity index (χ4n) is 1.72. The van der Waals surface area contributed by atoms with Gasteiger partial charge < -0.3 is 4.74 Å². The quantitative estimate of drug-likeness (QED) is 0.798. The van der Waals surface area contributed by atoms with Gasteiger partial charge in [0.25, 0.3) is 0 Å². The van der Waals surface area contributed by atoms with E-state index in [4.69, 9.17) is 23.2 Å². The molecular weight excluding hydrogens is 337 g/mol. The maximum Gasteiger partial charge on any atom is 0.324 e. The summed E-state index contributed by atoms with van der Waals surface area (Å²) in [6.07, 6.45) is 0.596. The molecule has 0 aliphatic carbocycles. The van der Waals surface area contributed by atoms with Gasteiger partial charge in [-0.25, -0.2) is 8.42 Å². The fourth-order valence-corrected chi connectivity index (χ4v) is 4.16. The molecule has 0 aliphatic rings. The number of ether oxygens (including phenoxy) is 1. The first-order valence-corrected chi connectivity index (χ1v) is 8.52. The zero-order chi connectivity index (χ0) is 16.2. The highest BCUT2D eigenvalue weighted by atomic mass is 35.5. The Morgan fingerprint density at radius 2 is 1.86 bits per heavy atom. The standard InChI is InChI=1S/C13H17Cl2NO4S/c1-4-8(2)11(13(17)20-3)16-21(18,19)12-9(14)6-5-7-10(12)15/h5-8,11,16H,4H2,1-3H3/t8-,11-/m1/s1. The van der Waals surface area contributed by atoms with Crippen molar-refractivity contribution in [1.29, 1.82) is 0 Å². The Morgan fingerprint density at radius 1 is 1.33 bits per heavy atom. The van der Waals surface area contributed by atoms with Crippen LogP contribution in [0.5, 0.6) is 0 Å². The third-order valence-corrected chi connectivity index (χ3v) is 5.53. The molecular formula is C13H17Cl2NO4S. The Bertz CT molecular complexity index is 598. The molecule has 1 N–H and O–H groups in total. The third-order valence-electron chi connectivity index (χ3n) is 3.14. The number of sulfonamides is 1. The van der Waals surface area contributed by atoms with Crippen molar-refractivity contribution in [2.24, 2.45) is 5.92 Å². The van der Waals surface area contributed by atoms with Crippen LogP contribution in [0.25, 0.3) is 0 Å². The zero-order valence-corrected chi connectivity index (χ0v) is 14.2. The van der Waals surface area contributed by atoms with Crippen LogP contribution in [0.15, 0.2) is 23.1 Å². The van der Waals surface area contributed by atoms with Gasteiger partial charge in [0, 0.05) is 0 Å². The van der Waals surface area contributed by atoms with Crippen LogP contribution in [0, 0.1) is 5.92 Å². The molecule has 0 spiro atoms. The molecule has 5 nitrogen and oxygen atoms in total. The summed E-state index contributed by atoms with van der Waals surface area (Å²) < 4.78 is 31.8. The second kappa shape index (κ2) is 7.45. The second-order valence-corrected chi connectivity index (χ2v) is 7.02. The Balaban J connectivity index is 3.21. The van der Waals surface area contributed by atoms with Gasteiger partial charge in [-0.2, -0.15) is 4.72 Å². The van der Waals surface area contributed by atoms with E-state index in [0.29, 0.717) is 6.42 Å². The molecule has 0 heterocycles. The summed E-state index contributed by atoms with van der Waals surface area (Å²) in [5, 5.41) is -0.0227. The third kappa shape index (κ3) is 4.32. The van der Waals surface area contributed by atoms with E-state index in [-0.39, 0.29) is 20.9 Å². The van der Waals surface area contributed by atoms with E-state index in [2.05, 4.69) is 9.46 Å². The number of nitrogens with one attached hydrogen (secondary N) is 1. The first-order valence-electron chi connectivity index (χ1n) is 6.28. The monoisotopic (exact) mass is 353 g/mol. The summed E-state index contributed by atoms with van der Waals surface area (Å²) in [6, 6.07) is 3.37. The molecule has 0 saturated carbocycles. The Hall–Kier alpha value is -0.820. The molecule has 0 unspecified atom stereocenters. The van der Waals surface area contributed by atoms with Crippen LogP contribution < -0.4 is 4.72 Å². The predicted octanol–water partition coefficient (Wildman–Crippen LogP) is 2.86. The number of halogens is 2. The molecule has 1 rings (SSSR count). The number of carbonyl (C=O) groups excluding carboxylic acids is 1. The molecule has 118 valence electrons. The highest BCUT2D eigenvalue weighted by Crippen LogP contribution is 2.29. The smallest absolute Gasteiger partial charge is 0.324 e. The molecule has 1 aromatic rings. The number of hydrogen-bond donors (Lipinski definition) is 1. The summed E-state index contributed by atoms with van der Waals surface area (Å²) in [6.45, 7) is 3.59.